The van der Waals surface area contributed by atoms with Crippen molar-refractivity contribution in [2.24, 2.45) is 11.7 Å². The fourth-order valence-corrected chi connectivity index (χ4v) is 1.66. The van der Waals surface area contributed by atoms with Gasteiger partial charge < -0.3 is 16.8 Å². The van der Waals surface area contributed by atoms with E-state index in [0.717, 1.165) is 6.07 Å². The molecule has 0 aliphatic heterocycles. The smallest absolute Gasteiger partial charge is 0.399 e. The third kappa shape index (κ3) is 3.77. The van der Waals surface area contributed by atoms with Crippen molar-refractivity contribution in [2.75, 3.05) is 11.1 Å². The maximum absolute atomic E-state index is 12.9. The number of halogens is 3. The quantitative estimate of drug-likeness (QED) is 0.737. The summed E-state index contributed by atoms with van der Waals surface area (Å²) in [6, 6.07) is 2.46. The number of alkyl halides is 3. The van der Waals surface area contributed by atoms with Gasteiger partial charge in [-0.2, -0.15) is 13.2 Å². The number of primary amides is 1. The second-order valence-corrected chi connectivity index (χ2v) is 4.57. The molecule has 0 aromatic heterocycles. The van der Waals surface area contributed by atoms with Crippen molar-refractivity contribution in [1.82, 2.24) is 0 Å². The summed E-state index contributed by atoms with van der Waals surface area (Å²) < 4.78 is 38.6. The number of rotatable bonds is 4. The lowest BCUT2D eigenvalue weighted by molar-refractivity contribution is -0.137. The van der Waals surface area contributed by atoms with Crippen LogP contribution in [0.15, 0.2) is 18.2 Å². The van der Waals surface area contributed by atoms with Crippen LogP contribution in [-0.4, -0.2) is 11.9 Å². The minimum absolute atomic E-state index is 0.00181. The molecule has 1 aromatic carbocycles. The van der Waals surface area contributed by atoms with E-state index in [4.69, 9.17) is 11.5 Å². The summed E-state index contributed by atoms with van der Waals surface area (Å²) in [5.41, 5.74) is 9.39. The monoisotopic (exact) mass is 275 g/mol. The summed E-state index contributed by atoms with van der Waals surface area (Å²) in [5.74, 6) is -0.948. The molecule has 106 valence electrons. The highest BCUT2D eigenvalue weighted by atomic mass is 19.4. The topological polar surface area (TPSA) is 81.1 Å². The van der Waals surface area contributed by atoms with Gasteiger partial charge in [0.15, 0.2) is 0 Å². The Hall–Kier alpha value is -1.92. The van der Waals surface area contributed by atoms with Crippen LogP contribution >= 0.6 is 0 Å². The van der Waals surface area contributed by atoms with Crippen LogP contribution in [0.4, 0.5) is 24.5 Å². The van der Waals surface area contributed by atoms with E-state index in [0.29, 0.717) is 0 Å². The minimum Gasteiger partial charge on any atom is -0.399 e. The molecule has 0 bridgehead atoms. The molecule has 0 fully saturated rings. The molecule has 0 spiro atoms. The first kappa shape index (κ1) is 15.1. The number of nitrogens with two attached hydrogens (primary N) is 2. The summed E-state index contributed by atoms with van der Waals surface area (Å²) in [6.45, 7) is 3.37. The van der Waals surface area contributed by atoms with Gasteiger partial charge in [-0.3, -0.25) is 4.79 Å². The van der Waals surface area contributed by atoms with Gasteiger partial charge in [-0.15, -0.1) is 0 Å². The van der Waals surface area contributed by atoms with Crippen LogP contribution < -0.4 is 16.8 Å². The first-order valence-corrected chi connectivity index (χ1v) is 5.65. The molecule has 0 radical (unpaired) electrons. The number of anilines is 2. The van der Waals surface area contributed by atoms with Gasteiger partial charge in [0.25, 0.3) is 0 Å². The van der Waals surface area contributed by atoms with Crippen LogP contribution in [0, 0.1) is 5.92 Å². The van der Waals surface area contributed by atoms with Crippen molar-refractivity contribution < 1.29 is 18.0 Å². The zero-order chi connectivity index (χ0) is 14.8. The number of benzene rings is 1. The van der Waals surface area contributed by atoms with E-state index in [-0.39, 0.29) is 17.3 Å². The molecule has 0 aliphatic carbocycles. The van der Waals surface area contributed by atoms with Gasteiger partial charge in [0.1, 0.15) is 6.04 Å². The minimum atomic E-state index is -4.56. The van der Waals surface area contributed by atoms with Crippen molar-refractivity contribution in [1.29, 1.82) is 0 Å². The van der Waals surface area contributed by atoms with Crippen molar-refractivity contribution in [3.05, 3.63) is 23.8 Å². The number of nitrogens with one attached hydrogen (secondary N) is 1. The maximum atomic E-state index is 12.9. The van der Waals surface area contributed by atoms with E-state index in [1.807, 2.05) is 0 Å². The summed E-state index contributed by atoms with van der Waals surface area (Å²) in [6.07, 6.45) is -4.56. The van der Waals surface area contributed by atoms with Crippen LogP contribution in [0.2, 0.25) is 0 Å². The number of nitrogen functional groups attached to an aromatic ring is 1. The highest BCUT2D eigenvalue weighted by Crippen LogP contribution is 2.36. The number of amides is 1. The molecule has 0 saturated carbocycles. The van der Waals surface area contributed by atoms with Crippen LogP contribution in [0.3, 0.4) is 0 Å². The predicted octanol–water partition coefficient (Wildman–Crippen LogP) is 2.21. The zero-order valence-electron chi connectivity index (χ0n) is 10.6. The molecule has 0 aliphatic rings. The van der Waals surface area contributed by atoms with Gasteiger partial charge in [0.05, 0.1) is 5.56 Å². The SMILES string of the molecule is CC(C)C(Nc1ccc(N)cc1C(F)(F)F)C(N)=O. The van der Waals surface area contributed by atoms with Crippen molar-refractivity contribution in [3.63, 3.8) is 0 Å². The zero-order valence-corrected chi connectivity index (χ0v) is 10.6. The Bertz CT molecular complexity index is 472. The average molecular weight is 275 g/mol. The molecule has 19 heavy (non-hydrogen) atoms. The number of hydrogen-bond donors (Lipinski definition) is 3. The summed E-state index contributed by atoms with van der Waals surface area (Å²) in [5, 5.41) is 2.53. The van der Waals surface area contributed by atoms with Crippen molar-refractivity contribution in [3.8, 4) is 0 Å². The Morgan fingerprint density at radius 3 is 2.32 bits per heavy atom. The largest absolute Gasteiger partial charge is 0.418 e. The third-order valence-electron chi connectivity index (χ3n) is 2.63. The Balaban J connectivity index is 3.17. The second kappa shape index (κ2) is 5.38. The molecule has 1 unspecified atom stereocenters. The van der Waals surface area contributed by atoms with E-state index >= 15 is 0 Å². The lowest BCUT2D eigenvalue weighted by Gasteiger charge is -2.23. The van der Waals surface area contributed by atoms with Gasteiger partial charge in [0, 0.05) is 11.4 Å². The van der Waals surface area contributed by atoms with Crippen LogP contribution in [0.1, 0.15) is 19.4 Å². The molecule has 7 heteroatoms. The molecule has 0 heterocycles. The van der Waals surface area contributed by atoms with E-state index in [1.165, 1.54) is 12.1 Å². The molecule has 1 amide bonds. The van der Waals surface area contributed by atoms with Gasteiger partial charge in [-0.25, -0.2) is 0 Å². The van der Waals surface area contributed by atoms with E-state index in [1.54, 1.807) is 13.8 Å². The Labute approximate surface area is 109 Å². The second-order valence-electron chi connectivity index (χ2n) is 4.57. The van der Waals surface area contributed by atoms with Crippen molar-refractivity contribution >= 4 is 17.3 Å². The Morgan fingerprint density at radius 1 is 1.32 bits per heavy atom. The lowest BCUT2D eigenvalue weighted by atomic mass is 10.0. The molecule has 1 aromatic rings. The molecular formula is C12H16F3N3O. The van der Waals surface area contributed by atoms with Crippen LogP contribution in [0.5, 0.6) is 0 Å². The fraction of sp³-hybridized carbons (Fsp3) is 0.417. The number of carbonyl (C=O) groups excluding carboxylic acids is 1. The molecule has 1 rings (SSSR count). The van der Waals surface area contributed by atoms with Crippen LogP contribution in [0.25, 0.3) is 0 Å². The molecule has 4 nitrogen and oxygen atoms in total. The maximum Gasteiger partial charge on any atom is 0.418 e. The fourth-order valence-electron chi connectivity index (χ4n) is 1.66. The number of hydrogen-bond acceptors (Lipinski definition) is 3. The standard InChI is InChI=1S/C12H16F3N3O/c1-6(2)10(11(17)19)18-9-4-3-7(16)5-8(9)12(13,14)15/h3-6,10,18H,16H2,1-2H3,(H2,17,19). The highest BCUT2D eigenvalue weighted by molar-refractivity contribution is 5.83. The third-order valence-corrected chi connectivity index (χ3v) is 2.63. The summed E-state index contributed by atoms with van der Waals surface area (Å²) in [4.78, 5) is 11.2. The predicted molar refractivity (Wildman–Crippen MR) is 67.3 cm³/mol. The molecule has 5 N–H and O–H groups in total. The molecular weight excluding hydrogens is 259 g/mol. The lowest BCUT2D eigenvalue weighted by Crippen LogP contribution is -2.40. The first-order valence-electron chi connectivity index (χ1n) is 5.65. The summed E-state index contributed by atoms with van der Waals surface area (Å²) in [7, 11) is 0. The Morgan fingerprint density at radius 2 is 1.89 bits per heavy atom. The molecule has 0 saturated heterocycles. The number of carbonyl (C=O) groups is 1. The van der Waals surface area contributed by atoms with E-state index < -0.39 is 23.7 Å². The van der Waals surface area contributed by atoms with E-state index in [2.05, 4.69) is 5.32 Å². The van der Waals surface area contributed by atoms with E-state index in [9.17, 15) is 18.0 Å². The van der Waals surface area contributed by atoms with Crippen molar-refractivity contribution in [2.45, 2.75) is 26.1 Å². The van der Waals surface area contributed by atoms with Gasteiger partial charge in [-0.05, 0) is 24.1 Å². The highest BCUT2D eigenvalue weighted by Gasteiger charge is 2.34. The molecule has 1 atom stereocenters. The van der Waals surface area contributed by atoms with Gasteiger partial charge in [-0.1, -0.05) is 13.8 Å². The van der Waals surface area contributed by atoms with Gasteiger partial charge in [0.2, 0.25) is 5.91 Å². The normalized spacial score (nSPS) is 13.4. The average Bonchev–Trinajstić information content (AvgIpc) is 2.24. The van der Waals surface area contributed by atoms with Gasteiger partial charge >= 0.3 is 6.18 Å². The Kier molecular flexibility index (Phi) is 4.28. The summed E-state index contributed by atoms with van der Waals surface area (Å²) >= 11 is 0. The van der Waals surface area contributed by atoms with Crippen LogP contribution in [-0.2, 0) is 11.0 Å². The first-order chi connectivity index (χ1) is 8.62.